The second-order valence-corrected chi connectivity index (χ2v) is 5.30. The SMILES string of the molecule is COc1cccc(-c2cncc(-c3c[nH]c4cccnc34)c2)c1. The molecule has 0 radical (unpaired) electrons. The summed E-state index contributed by atoms with van der Waals surface area (Å²) in [4.78, 5) is 12.1. The Morgan fingerprint density at radius 3 is 2.78 bits per heavy atom. The van der Waals surface area contributed by atoms with Gasteiger partial charge in [0.15, 0.2) is 0 Å². The molecule has 0 aliphatic heterocycles. The van der Waals surface area contributed by atoms with Crippen molar-refractivity contribution in [2.45, 2.75) is 0 Å². The smallest absolute Gasteiger partial charge is 0.119 e. The highest BCUT2D eigenvalue weighted by molar-refractivity contribution is 5.92. The number of rotatable bonds is 3. The molecule has 0 unspecified atom stereocenters. The van der Waals surface area contributed by atoms with Crippen molar-refractivity contribution in [1.29, 1.82) is 0 Å². The van der Waals surface area contributed by atoms with Crippen LogP contribution in [0.1, 0.15) is 0 Å². The number of nitrogens with one attached hydrogen (secondary N) is 1. The van der Waals surface area contributed by atoms with Gasteiger partial charge in [0.25, 0.3) is 0 Å². The molecule has 4 aromatic rings. The van der Waals surface area contributed by atoms with Crippen molar-refractivity contribution in [2.24, 2.45) is 0 Å². The normalized spacial score (nSPS) is 10.8. The number of methoxy groups -OCH3 is 1. The fourth-order valence-electron chi connectivity index (χ4n) is 2.72. The summed E-state index contributed by atoms with van der Waals surface area (Å²) in [5, 5.41) is 0. The first-order valence-electron chi connectivity index (χ1n) is 7.37. The van der Waals surface area contributed by atoms with Crippen molar-refractivity contribution in [3.63, 3.8) is 0 Å². The molecular formula is C19H15N3O. The lowest BCUT2D eigenvalue weighted by molar-refractivity contribution is 0.415. The third-order valence-electron chi connectivity index (χ3n) is 3.89. The first-order valence-corrected chi connectivity index (χ1v) is 7.37. The van der Waals surface area contributed by atoms with E-state index in [-0.39, 0.29) is 0 Å². The summed E-state index contributed by atoms with van der Waals surface area (Å²) in [6, 6.07) is 14.0. The molecule has 0 saturated carbocycles. The predicted molar refractivity (Wildman–Crippen MR) is 91.3 cm³/mol. The Bertz CT molecular complexity index is 975. The van der Waals surface area contributed by atoms with Crippen molar-refractivity contribution in [3.8, 4) is 28.0 Å². The molecule has 0 spiro atoms. The van der Waals surface area contributed by atoms with Crippen molar-refractivity contribution in [3.05, 3.63) is 67.3 Å². The van der Waals surface area contributed by atoms with Crippen LogP contribution in [0.4, 0.5) is 0 Å². The Morgan fingerprint density at radius 1 is 0.957 bits per heavy atom. The number of hydrogen-bond acceptors (Lipinski definition) is 3. The number of H-pyrrole nitrogens is 1. The molecule has 0 aliphatic carbocycles. The third kappa shape index (κ3) is 2.44. The van der Waals surface area contributed by atoms with E-state index in [0.29, 0.717) is 0 Å². The first kappa shape index (κ1) is 13.5. The molecule has 4 rings (SSSR count). The third-order valence-corrected chi connectivity index (χ3v) is 3.89. The molecule has 1 aromatic carbocycles. The van der Waals surface area contributed by atoms with E-state index in [1.807, 2.05) is 48.9 Å². The molecule has 23 heavy (non-hydrogen) atoms. The Balaban J connectivity index is 1.82. The fraction of sp³-hybridized carbons (Fsp3) is 0.0526. The van der Waals surface area contributed by atoms with Crippen LogP contribution in [0.15, 0.2) is 67.3 Å². The van der Waals surface area contributed by atoms with E-state index in [9.17, 15) is 0 Å². The summed E-state index contributed by atoms with van der Waals surface area (Å²) in [5.74, 6) is 0.835. The van der Waals surface area contributed by atoms with Gasteiger partial charge < -0.3 is 9.72 Å². The molecule has 3 aromatic heterocycles. The van der Waals surface area contributed by atoms with Crippen LogP contribution in [0.5, 0.6) is 5.75 Å². The lowest BCUT2D eigenvalue weighted by Crippen LogP contribution is -1.86. The van der Waals surface area contributed by atoms with Crippen LogP contribution in [-0.2, 0) is 0 Å². The van der Waals surface area contributed by atoms with Crippen LogP contribution in [-0.4, -0.2) is 22.1 Å². The van der Waals surface area contributed by atoms with Crippen molar-refractivity contribution in [1.82, 2.24) is 15.0 Å². The van der Waals surface area contributed by atoms with Gasteiger partial charge in [0.05, 0.1) is 18.1 Å². The van der Waals surface area contributed by atoms with Gasteiger partial charge in [0.2, 0.25) is 0 Å². The average Bonchev–Trinajstić information content (AvgIpc) is 3.06. The van der Waals surface area contributed by atoms with Gasteiger partial charge >= 0.3 is 0 Å². The number of pyridine rings is 2. The topological polar surface area (TPSA) is 50.8 Å². The van der Waals surface area contributed by atoms with Crippen LogP contribution >= 0.6 is 0 Å². The molecule has 0 bridgehead atoms. The van der Waals surface area contributed by atoms with E-state index in [2.05, 4.69) is 27.1 Å². The highest BCUT2D eigenvalue weighted by Gasteiger charge is 2.09. The van der Waals surface area contributed by atoms with Crippen molar-refractivity contribution < 1.29 is 4.74 Å². The largest absolute Gasteiger partial charge is 0.497 e. The maximum Gasteiger partial charge on any atom is 0.119 e. The van der Waals surface area contributed by atoms with Gasteiger partial charge in [0.1, 0.15) is 5.75 Å². The standard InChI is InChI=1S/C19H15N3O/c1-23-16-5-2-4-13(9-16)14-8-15(11-20-10-14)17-12-22-18-6-3-7-21-19(17)18/h2-12,22H,1H3. The lowest BCUT2D eigenvalue weighted by Gasteiger charge is -2.06. The first-order chi connectivity index (χ1) is 11.3. The second-order valence-electron chi connectivity index (χ2n) is 5.30. The quantitative estimate of drug-likeness (QED) is 0.614. The molecule has 0 saturated heterocycles. The van der Waals surface area contributed by atoms with E-state index in [1.165, 1.54) is 0 Å². The number of ether oxygens (including phenoxy) is 1. The van der Waals surface area contributed by atoms with E-state index in [0.717, 1.165) is 39.0 Å². The number of fused-ring (bicyclic) bond motifs is 1. The van der Waals surface area contributed by atoms with Crippen molar-refractivity contribution >= 4 is 11.0 Å². The van der Waals surface area contributed by atoms with Crippen LogP contribution < -0.4 is 4.74 Å². The van der Waals surface area contributed by atoms with Crippen LogP contribution in [0.3, 0.4) is 0 Å². The molecule has 1 N–H and O–H groups in total. The summed E-state index contributed by atoms with van der Waals surface area (Å²) in [6.45, 7) is 0. The Kier molecular flexibility index (Phi) is 3.27. The Morgan fingerprint density at radius 2 is 1.87 bits per heavy atom. The van der Waals surface area contributed by atoms with E-state index >= 15 is 0 Å². The Labute approximate surface area is 133 Å². The molecule has 4 heteroatoms. The van der Waals surface area contributed by atoms with Gasteiger partial charge in [-0.15, -0.1) is 0 Å². The van der Waals surface area contributed by atoms with E-state index < -0.39 is 0 Å². The van der Waals surface area contributed by atoms with Crippen LogP contribution in [0, 0.1) is 0 Å². The predicted octanol–water partition coefficient (Wildman–Crippen LogP) is 4.30. The van der Waals surface area contributed by atoms with Gasteiger partial charge in [-0.05, 0) is 35.9 Å². The molecule has 0 aliphatic rings. The summed E-state index contributed by atoms with van der Waals surface area (Å²) in [7, 11) is 1.67. The van der Waals surface area contributed by atoms with Gasteiger partial charge in [-0.1, -0.05) is 12.1 Å². The van der Waals surface area contributed by atoms with Gasteiger partial charge in [0, 0.05) is 41.5 Å². The summed E-state index contributed by atoms with van der Waals surface area (Å²) in [6.07, 6.45) is 7.50. The molecule has 112 valence electrons. The van der Waals surface area contributed by atoms with Crippen LogP contribution in [0.2, 0.25) is 0 Å². The number of nitrogens with zero attached hydrogens (tertiary/aromatic N) is 2. The minimum Gasteiger partial charge on any atom is -0.497 e. The van der Waals surface area contributed by atoms with E-state index in [1.54, 1.807) is 13.3 Å². The maximum absolute atomic E-state index is 5.30. The molecule has 0 fully saturated rings. The summed E-state index contributed by atoms with van der Waals surface area (Å²) < 4.78 is 5.30. The average molecular weight is 301 g/mol. The van der Waals surface area contributed by atoms with Gasteiger partial charge in [-0.3, -0.25) is 9.97 Å². The molecule has 0 amide bonds. The summed E-state index contributed by atoms with van der Waals surface area (Å²) >= 11 is 0. The number of aromatic nitrogens is 3. The molecule has 0 atom stereocenters. The van der Waals surface area contributed by atoms with Crippen molar-refractivity contribution in [2.75, 3.05) is 7.11 Å². The second kappa shape index (κ2) is 5.57. The zero-order valence-corrected chi connectivity index (χ0v) is 12.7. The number of benzene rings is 1. The molecular weight excluding hydrogens is 286 g/mol. The minimum atomic E-state index is 0.835. The molecule has 3 heterocycles. The summed E-state index contributed by atoms with van der Waals surface area (Å²) in [5.41, 5.74) is 6.19. The van der Waals surface area contributed by atoms with E-state index in [4.69, 9.17) is 4.74 Å². The highest BCUT2D eigenvalue weighted by Crippen LogP contribution is 2.30. The fourth-order valence-corrected chi connectivity index (χ4v) is 2.72. The zero-order valence-electron chi connectivity index (χ0n) is 12.7. The highest BCUT2D eigenvalue weighted by atomic mass is 16.5. The van der Waals surface area contributed by atoms with Crippen LogP contribution in [0.25, 0.3) is 33.3 Å². The minimum absolute atomic E-state index is 0.835. The van der Waals surface area contributed by atoms with Gasteiger partial charge in [-0.25, -0.2) is 0 Å². The number of hydrogen-bond donors (Lipinski definition) is 1. The van der Waals surface area contributed by atoms with Gasteiger partial charge in [-0.2, -0.15) is 0 Å². The monoisotopic (exact) mass is 301 g/mol. The lowest BCUT2D eigenvalue weighted by atomic mass is 10.0. The number of aromatic amines is 1. The maximum atomic E-state index is 5.30. The zero-order chi connectivity index (χ0) is 15.6. The Hall–Kier alpha value is -3.14. The molecule has 4 nitrogen and oxygen atoms in total.